The van der Waals surface area contributed by atoms with Gasteiger partial charge in [0.05, 0.1) is 32.3 Å². The number of benzene rings is 1. The van der Waals surface area contributed by atoms with Crippen LogP contribution in [0.15, 0.2) is 42.7 Å². The van der Waals surface area contributed by atoms with Gasteiger partial charge in [-0.15, -0.1) is 0 Å². The second-order valence-corrected chi connectivity index (χ2v) is 9.66. The molecule has 0 spiro atoms. The Morgan fingerprint density at radius 1 is 1.20 bits per heavy atom. The molecule has 1 fully saturated rings. The summed E-state index contributed by atoms with van der Waals surface area (Å²) in [6.45, 7) is 5.88. The van der Waals surface area contributed by atoms with Gasteiger partial charge in [-0.2, -0.15) is 5.10 Å². The molecule has 2 N–H and O–H groups in total. The number of aromatic nitrogens is 3. The van der Waals surface area contributed by atoms with E-state index in [2.05, 4.69) is 5.10 Å². The fourth-order valence-electron chi connectivity index (χ4n) is 4.12. The SMILES string of the molecule is COC(=O)[C@@H]1C[C@@H](Oc2cc(-n3cccn3)nc3cc(OC)ccc23)CN1C(=O)[C@@H](N)C(C)(C)C. The number of nitrogens with zero attached hydrogens (tertiary/aromatic N) is 4. The van der Waals surface area contributed by atoms with Gasteiger partial charge < -0.3 is 24.8 Å². The number of pyridine rings is 1. The summed E-state index contributed by atoms with van der Waals surface area (Å²) in [4.78, 5) is 31.9. The van der Waals surface area contributed by atoms with Crippen LogP contribution in [-0.4, -0.2) is 70.5 Å². The molecule has 1 aromatic carbocycles. The lowest BCUT2D eigenvalue weighted by molar-refractivity contribution is -0.152. The van der Waals surface area contributed by atoms with Crippen molar-refractivity contribution in [1.29, 1.82) is 0 Å². The van der Waals surface area contributed by atoms with Crippen molar-refractivity contribution in [3.63, 3.8) is 0 Å². The summed E-state index contributed by atoms with van der Waals surface area (Å²) in [5, 5.41) is 5.04. The van der Waals surface area contributed by atoms with E-state index in [1.165, 1.54) is 12.0 Å². The predicted octanol–water partition coefficient (Wildman–Crippen LogP) is 2.32. The highest BCUT2D eigenvalue weighted by atomic mass is 16.5. The zero-order valence-electron chi connectivity index (χ0n) is 20.6. The Kier molecular flexibility index (Phi) is 6.66. The van der Waals surface area contributed by atoms with Crippen molar-refractivity contribution >= 4 is 22.8 Å². The molecule has 1 amide bonds. The van der Waals surface area contributed by atoms with Crippen LogP contribution in [0.4, 0.5) is 0 Å². The van der Waals surface area contributed by atoms with Crippen LogP contribution in [-0.2, 0) is 14.3 Å². The van der Waals surface area contributed by atoms with Crippen LogP contribution in [0, 0.1) is 5.41 Å². The van der Waals surface area contributed by atoms with Crippen LogP contribution in [0.3, 0.4) is 0 Å². The Morgan fingerprint density at radius 2 is 1.97 bits per heavy atom. The average Bonchev–Trinajstić information content (AvgIpc) is 3.52. The monoisotopic (exact) mass is 481 g/mol. The molecule has 3 aromatic rings. The summed E-state index contributed by atoms with van der Waals surface area (Å²) in [5.74, 6) is 0.989. The zero-order chi connectivity index (χ0) is 25.3. The predicted molar refractivity (Wildman–Crippen MR) is 129 cm³/mol. The molecule has 0 radical (unpaired) electrons. The van der Waals surface area contributed by atoms with E-state index in [0.717, 1.165) is 5.39 Å². The van der Waals surface area contributed by atoms with Gasteiger partial charge in [0.1, 0.15) is 23.6 Å². The number of fused-ring (bicyclic) bond motifs is 1. The van der Waals surface area contributed by atoms with E-state index in [1.54, 1.807) is 36.3 Å². The van der Waals surface area contributed by atoms with E-state index in [4.69, 9.17) is 24.9 Å². The van der Waals surface area contributed by atoms with Crippen molar-refractivity contribution < 1.29 is 23.8 Å². The number of hydrogen-bond donors (Lipinski definition) is 1. The van der Waals surface area contributed by atoms with Crippen molar-refractivity contribution in [2.24, 2.45) is 11.1 Å². The number of hydrogen-bond acceptors (Lipinski definition) is 8. The second-order valence-electron chi connectivity index (χ2n) is 9.66. The van der Waals surface area contributed by atoms with Crippen LogP contribution in [0.1, 0.15) is 27.2 Å². The molecule has 3 heterocycles. The number of carbonyl (C=O) groups is 2. The zero-order valence-corrected chi connectivity index (χ0v) is 20.6. The van der Waals surface area contributed by atoms with Crippen LogP contribution in [0.2, 0.25) is 0 Å². The van der Waals surface area contributed by atoms with Gasteiger partial charge in [0.15, 0.2) is 5.82 Å². The van der Waals surface area contributed by atoms with Crippen molar-refractivity contribution in [1.82, 2.24) is 19.7 Å². The van der Waals surface area contributed by atoms with Gasteiger partial charge >= 0.3 is 5.97 Å². The summed E-state index contributed by atoms with van der Waals surface area (Å²) < 4.78 is 18.4. The minimum atomic E-state index is -0.773. The first-order chi connectivity index (χ1) is 16.6. The van der Waals surface area contributed by atoms with Crippen molar-refractivity contribution in [3.8, 4) is 17.3 Å². The minimum Gasteiger partial charge on any atom is -0.497 e. The quantitative estimate of drug-likeness (QED) is 0.533. The maximum atomic E-state index is 13.2. The Labute approximate surface area is 203 Å². The largest absolute Gasteiger partial charge is 0.497 e. The van der Waals surface area contributed by atoms with Crippen LogP contribution in [0.5, 0.6) is 11.5 Å². The van der Waals surface area contributed by atoms with E-state index >= 15 is 0 Å². The van der Waals surface area contributed by atoms with Gasteiger partial charge in [-0.05, 0) is 23.6 Å². The Hall–Kier alpha value is -3.66. The summed E-state index contributed by atoms with van der Waals surface area (Å²) >= 11 is 0. The first kappa shape index (κ1) is 24.5. The van der Waals surface area contributed by atoms with Gasteiger partial charge in [-0.3, -0.25) is 4.79 Å². The number of ether oxygens (including phenoxy) is 3. The van der Waals surface area contributed by atoms with Gasteiger partial charge in [-0.1, -0.05) is 20.8 Å². The fourth-order valence-corrected chi connectivity index (χ4v) is 4.12. The highest BCUT2D eigenvalue weighted by molar-refractivity contribution is 5.89. The molecule has 0 bridgehead atoms. The molecule has 4 rings (SSSR count). The second kappa shape index (κ2) is 9.53. The van der Waals surface area contributed by atoms with Gasteiger partial charge in [-0.25, -0.2) is 14.5 Å². The standard InChI is InChI=1S/C25H31N5O5/c1-25(2,3)22(26)23(31)29-14-16(12-19(29)24(32)34-5)35-20-13-21(30-10-6-9-27-30)28-18-11-15(33-4)7-8-17(18)20/h6-11,13,16,19,22H,12,14,26H2,1-5H3/t16-,19+,22-/m1/s1. The average molecular weight is 482 g/mol. The third-order valence-electron chi connectivity index (χ3n) is 6.22. The third kappa shape index (κ3) is 4.93. The molecule has 186 valence electrons. The van der Waals surface area contributed by atoms with Crippen molar-refractivity contribution in [2.45, 2.75) is 45.4 Å². The molecular weight excluding hydrogens is 450 g/mol. The molecule has 1 aliphatic heterocycles. The molecule has 0 unspecified atom stereocenters. The summed E-state index contributed by atoms with van der Waals surface area (Å²) in [5.41, 5.74) is 6.44. The van der Waals surface area contributed by atoms with E-state index in [-0.39, 0.29) is 18.9 Å². The normalized spacial score (nSPS) is 19.0. The van der Waals surface area contributed by atoms with Crippen molar-refractivity contribution in [2.75, 3.05) is 20.8 Å². The van der Waals surface area contributed by atoms with E-state index in [1.807, 2.05) is 39.0 Å². The van der Waals surface area contributed by atoms with Crippen LogP contribution < -0.4 is 15.2 Å². The van der Waals surface area contributed by atoms with E-state index in [9.17, 15) is 9.59 Å². The molecule has 2 aromatic heterocycles. The van der Waals surface area contributed by atoms with Gasteiger partial charge in [0, 0.05) is 36.3 Å². The molecule has 0 saturated carbocycles. The first-order valence-corrected chi connectivity index (χ1v) is 11.4. The maximum absolute atomic E-state index is 13.2. The third-order valence-corrected chi connectivity index (χ3v) is 6.22. The number of esters is 1. The smallest absolute Gasteiger partial charge is 0.328 e. The lowest BCUT2D eigenvalue weighted by atomic mass is 9.86. The lowest BCUT2D eigenvalue weighted by Crippen LogP contribution is -2.53. The minimum absolute atomic E-state index is 0.208. The molecule has 35 heavy (non-hydrogen) atoms. The lowest BCUT2D eigenvalue weighted by Gasteiger charge is -2.32. The maximum Gasteiger partial charge on any atom is 0.328 e. The number of nitrogens with two attached hydrogens (primary N) is 1. The molecule has 10 heteroatoms. The Morgan fingerprint density at radius 3 is 2.60 bits per heavy atom. The highest BCUT2D eigenvalue weighted by Crippen LogP contribution is 2.33. The van der Waals surface area contributed by atoms with E-state index in [0.29, 0.717) is 22.8 Å². The number of rotatable bonds is 6. The number of methoxy groups -OCH3 is 2. The number of carbonyl (C=O) groups excluding carboxylic acids is 2. The molecule has 0 aliphatic carbocycles. The molecular formula is C25H31N5O5. The van der Waals surface area contributed by atoms with Crippen LogP contribution >= 0.6 is 0 Å². The topological polar surface area (TPSA) is 122 Å². The molecule has 3 atom stereocenters. The fraction of sp³-hybridized carbons (Fsp3) is 0.440. The molecule has 1 saturated heterocycles. The van der Waals surface area contributed by atoms with Gasteiger partial charge in [0.25, 0.3) is 0 Å². The first-order valence-electron chi connectivity index (χ1n) is 11.4. The highest BCUT2D eigenvalue weighted by Gasteiger charge is 2.44. The summed E-state index contributed by atoms with van der Waals surface area (Å²) in [7, 11) is 2.90. The Bertz CT molecular complexity index is 1220. The summed E-state index contributed by atoms with van der Waals surface area (Å²) in [6.07, 6.45) is 3.29. The Balaban J connectivity index is 1.68. The number of amides is 1. The molecule has 10 nitrogen and oxygen atoms in total. The van der Waals surface area contributed by atoms with E-state index < -0.39 is 29.6 Å². The van der Waals surface area contributed by atoms with Gasteiger partial charge in [0.2, 0.25) is 5.91 Å². The summed E-state index contributed by atoms with van der Waals surface area (Å²) in [6, 6.07) is 7.57. The number of likely N-dealkylation sites (tertiary alicyclic amines) is 1. The van der Waals surface area contributed by atoms with Crippen molar-refractivity contribution in [3.05, 3.63) is 42.7 Å². The van der Waals surface area contributed by atoms with Crippen LogP contribution in [0.25, 0.3) is 16.7 Å². The molecule has 1 aliphatic rings.